The quantitative estimate of drug-likeness (QED) is 0.0683. The van der Waals surface area contributed by atoms with Crippen molar-refractivity contribution in [2.45, 2.75) is 184 Å². The Balaban J connectivity index is 1.35. The maximum atomic E-state index is 11.2. The lowest BCUT2D eigenvalue weighted by Gasteiger charge is -2.51. The number of rotatable bonds is 16. The molecule has 6 saturated heterocycles. The molecule has 6 aliphatic heterocycles. The van der Waals surface area contributed by atoms with Gasteiger partial charge in [-0.15, -0.1) is 0 Å². The van der Waals surface area contributed by atoms with Gasteiger partial charge in [0.1, 0.15) is 110 Å². The second kappa shape index (κ2) is 23.5. The second-order valence-corrected chi connectivity index (χ2v) is 17.3. The SMILES string of the molecule is NC1C(OCC2OC(OC3OC(CO)C(O)C(OC4OC(CO)C(O)C(O)C4N)C3N)C(N)C(OC3OC(CO)C(O)C(O)C3N)C2OC2OC(CO)C(O)C(O)C2N)OC(CO)C(O)C1O. The Labute approximate surface area is 381 Å². The van der Waals surface area contributed by atoms with E-state index in [0.29, 0.717) is 0 Å². The summed E-state index contributed by atoms with van der Waals surface area (Å²) < 4.78 is 65.4. The van der Waals surface area contributed by atoms with Crippen LogP contribution in [0.2, 0.25) is 0 Å². The van der Waals surface area contributed by atoms with Crippen LogP contribution in [0.4, 0.5) is 0 Å². The summed E-state index contributed by atoms with van der Waals surface area (Å²) in [6.45, 7) is -4.86. The van der Waals surface area contributed by atoms with Crippen LogP contribution in [0, 0.1) is 0 Å². The van der Waals surface area contributed by atoms with E-state index < -0.39 is 224 Å². The zero-order valence-corrected chi connectivity index (χ0v) is 35.8. The topological polar surface area (TPSA) is 541 Å². The molecule has 0 spiro atoms. The molecule has 6 fully saturated rings. The molecule has 392 valence electrons. The van der Waals surface area contributed by atoms with E-state index >= 15 is 0 Å². The molecule has 30 unspecified atom stereocenters. The van der Waals surface area contributed by atoms with Crippen molar-refractivity contribution in [1.29, 1.82) is 0 Å². The molecular formula is C36H68N6O25. The minimum Gasteiger partial charge on any atom is -0.394 e. The Morgan fingerprint density at radius 1 is 0.284 bits per heavy atom. The molecular weight excluding hydrogens is 916 g/mol. The van der Waals surface area contributed by atoms with Gasteiger partial charge >= 0.3 is 0 Å². The molecule has 6 aliphatic rings. The lowest BCUT2D eigenvalue weighted by molar-refractivity contribution is -0.384. The van der Waals surface area contributed by atoms with E-state index in [1.165, 1.54) is 0 Å². The number of nitrogens with two attached hydrogens (primary N) is 6. The Morgan fingerprint density at radius 2 is 0.552 bits per heavy atom. The second-order valence-electron chi connectivity index (χ2n) is 17.3. The Bertz CT molecular complexity index is 1520. The van der Waals surface area contributed by atoms with Crippen molar-refractivity contribution < 1.29 is 124 Å². The van der Waals surface area contributed by atoms with Gasteiger partial charge in [-0.25, -0.2) is 0 Å². The van der Waals surface area contributed by atoms with Crippen molar-refractivity contribution in [3.8, 4) is 0 Å². The molecule has 26 N–H and O–H groups in total. The maximum absolute atomic E-state index is 11.2. The van der Waals surface area contributed by atoms with Crippen molar-refractivity contribution in [1.82, 2.24) is 0 Å². The van der Waals surface area contributed by atoms with Crippen molar-refractivity contribution in [2.24, 2.45) is 34.4 Å². The van der Waals surface area contributed by atoms with Gasteiger partial charge in [-0.3, -0.25) is 0 Å². The normalized spacial score (nSPS) is 53.4. The third-order valence-electron chi connectivity index (χ3n) is 12.9. The summed E-state index contributed by atoms with van der Waals surface area (Å²) in [5, 5.41) is 146. The standard InChI is InChI=1S/C36H68N6O25/c37-13-24(53)19(48)7(1-43)58-31(13)57-6-12-28(64-32-14(38)25(54)20(49)8(2-44)59-32)30(66-34-16(40)27(56)22(51)10(4-46)61-34)18(42)36(63-12)67-35-17(41)29(23(52)11(5-47)62-35)65-33-15(39)26(55)21(50)9(3-45)60-33/h7-36,43-56H,1-6,37-42H2. The first-order valence-corrected chi connectivity index (χ1v) is 21.6. The van der Waals surface area contributed by atoms with E-state index in [1.54, 1.807) is 0 Å². The van der Waals surface area contributed by atoms with Gasteiger partial charge in [0.2, 0.25) is 0 Å². The Hall–Kier alpha value is -1.24. The van der Waals surface area contributed by atoms with Gasteiger partial charge in [-0.05, 0) is 0 Å². The first kappa shape index (κ1) is 55.1. The van der Waals surface area contributed by atoms with Gasteiger partial charge in [-0.1, -0.05) is 0 Å². The molecule has 31 nitrogen and oxygen atoms in total. The maximum Gasteiger partial charge on any atom is 0.179 e. The predicted molar refractivity (Wildman–Crippen MR) is 211 cm³/mol. The summed E-state index contributed by atoms with van der Waals surface area (Å²) in [5.74, 6) is 0. The molecule has 0 aromatic carbocycles. The summed E-state index contributed by atoms with van der Waals surface area (Å²) >= 11 is 0. The summed E-state index contributed by atoms with van der Waals surface area (Å²) in [5.41, 5.74) is 38.1. The van der Waals surface area contributed by atoms with Crippen LogP contribution in [0.3, 0.4) is 0 Å². The van der Waals surface area contributed by atoms with E-state index in [4.69, 9.17) is 86.5 Å². The highest BCUT2D eigenvalue weighted by Crippen LogP contribution is 2.36. The molecule has 0 aromatic rings. The van der Waals surface area contributed by atoms with Gasteiger partial charge in [0.15, 0.2) is 37.7 Å². The summed E-state index contributed by atoms with van der Waals surface area (Å²) in [6.07, 6.45) is -39.6. The van der Waals surface area contributed by atoms with Crippen LogP contribution in [0.5, 0.6) is 0 Å². The number of hydrogen-bond acceptors (Lipinski definition) is 31. The molecule has 6 heterocycles. The molecule has 0 bridgehead atoms. The van der Waals surface area contributed by atoms with E-state index in [-0.39, 0.29) is 0 Å². The van der Waals surface area contributed by atoms with Crippen LogP contribution < -0.4 is 34.4 Å². The van der Waals surface area contributed by atoms with Gasteiger partial charge in [0.25, 0.3) is 0 Å². The van der Waals surface area contributed by atoms with Crippen LogP contribution in [0.15, 0.2) is 0 Å². The predicted octanol–water partition coefficient (Wildman–Crippen LogP) is -14.3. The summed E-state index contributed by atoms with van der Waals surface area (Å²) in [6, 6.07) is -9.31. The number of aliphatic hydroxyl groups excluding tert-OH is 14. The van der Waals surface area contributed by atoms with Crippen molar-refractivity contribution in [3.63, 3.8) is 0 Å². The largest absolute Gasteiger partial charge is 0.394 e. The Kier molecular flexibility index (Phi) is 19.4. The summed E-state index contributed by atoms with van der Waals surface area (Å²) in [4.78, 5) is 0. The first-order chi connectivity index (χ1) is 31.7. The molecule has 0 aliphatic carbocycles. The lowest BCUT2D eigenvalue weighted by Crippen LogP contribution is -2.72. The molecule has 0 aromatic heterocycles. The number of hydrogen-bond donors (Lipinski definition) is 20. The zero-order chi connectivity index (χ0) is 49.3. The fraction of sp³-hybridized carbons (Fsp3) is 1.00. The minimum absolute atomic E-state index is 0.733. The molecule has 6 rings (SSSR count). The third-order valence-corrected chi connectivity index (χ3v) is 12.9. The van der Waals surface area contributed by atoms with Crippen LogP contribution >= 0.6 is 0 Å². The van der Waals surface area contributed by atoms with E-state index in [2.05, 4.69) is 0 Å². The number of aliphatic hydroxyl groups is 14. The van der Waals surface area contributed by atoms with Gasteiger partial charge in [0.05, 0.1) is 75.9 Å². The van der Waals surface area contributed by atoms with Gasteiger partial charge in [0, 0.05) is 0 Å². The molecule has 0 radical (unpaired) electrons. The highest BCUT2D eigenvalue weighted by molar-refractivity contribution is 5.02. The lowest BCUT2D eigenvalue weighted by atomic mass is 9.93. The van der Waals surface area contributed by atoms with Crippen molar-refractivity contribution in [2.75, 3.05) is 39.6 Å². The van der Waals surface area contributed by atoms with E-state index in [0.717, 1.165) is 0 Å². The summed E-state index contributed by atoms with van der Waals surface area (Å²) in [7, 11) is 0. The van der Waals surface area contributed by atoms with Gasteiger partial charge in [-0.2, -0.15) is 0 Å². The molecule has 31 heteroatoms. The third kappa shape index (κ3) is 11.4. The van der Waals surface area contributed by atoms with Crippen LogP contribution in [0.1, 0.15) is 0 Å². The van der Waals surface area contributed by atoms with Crippen LogP contribution in [-0.4, -0.2) is 295 Å². The molecule has 30 atom stereocenters. The number of ether oxygens (including phenoxy) is 11. The molecule has 0 amide bonds. The molecule has 0 saturated carbocycles. The smallest absolute Gasteiger partial charge is 0.179 e. The fourth-order valence-electron chi connectivity index (χ4n) is 8.62. The van der Waals surface area contributed by atoms with E-state index in [1.807, 2.05) is 0 Å². The Morgan fingerprint density at radius 3 is 0.925 bits per heavy atom. The van der Waals surface area contributed by atoms with Crippen LogP contribution in [-0.2, 0) is 52.1 Å². The van der Waals surface area contributed by atoms with Crippen molar-refractivity contribution >= 4 is 0 Å². The zero-order valence-electron chi connectivity index (χ0n) is 35.8. The highest BCUT2D eigenvalue weighted by atomic mass is 16.8. The average molecular weight is 985 g/mol. The molecule has 67 heavy (non-hydrogen) atoms. The first-order valence-electron chi connectivity index (χ1n) is 21.6. The van der Waals surface area contributed by atoms with Crippen LogP contribution in [0.25, 0.3) is 0 Å². The fourth-order valence-corrected chi connectivity index (χ4v) is 8.62. The minimum atomic E-state index is -1.84. The average Bonchev–Trinajstić information content (AvgIpc) is 3.32. The van der Waals surface area contributed by atoms with Gasteiger partial charge < -0.3 is 158 Å². The highest BCUT2D eigenvalue weighted by Gasteiger charge is 2.57. The monoisotopic (exact) mass is 984 g/mol. The van der Waals surface area contributed by atoms with E-state index in [9.17, 15) is 71.5 Å². The van der Waals surface area contributed by atoms with Crippen molar-refractivity contribution in [3.05, 3.63) is 0 Å².